The second kappa shape index (κ2) is 6.34. The molecule has 1 aliphatic rings. The molecule has 4 N–H and O–H groups in total. The molecule has 0 aromatic heterocycles. The van der Waals surface area contributed by atoms with Gasteiger partial charge in [0.1, 0.15) is 0 Å². The largest absolute Gasteiger partial charge is 0.481 e. The first-order valence-electron chi connectivity index (χ1n) is 5.90. The van der Waals surface area contributed by atoms with E-state index in [0.29, 0.717) is 19.4 Å². The van der Waals surface area contributed by atoms with Crippen LogP contribution in [0.2, 0.25) is 0 Å². The molecule has 0 aromatic rings. The lowest BCUT2D eigenvalue weighted by molar-refractivity contribution is -0.146. The SMILES string of the molecule is NC(CCC(=O)O)C(=O)N1CCCC(C(=O)O)C1. The third-order valence-electron chi connectivity index (χ3n) is 3.07. The second-order valence-corrected chi connectivity index (χ2v) is 4.50. The summed E-state index contributed by atoms with van der Waals surface area (Å²) >= 11 is 0. The van der Waals surface area contributed by atoms with E-state index < -0.39 is 23.9 Å². The average Bonchev–Trinajstić information content (AvgIpc) is 2.35. The number of nitrogens with two attached hydrogens (primary N) is 1. The van der Waals surface area contributed by atoms with Gasteiger partial charge in [-0.2, -0.15) is 0 Å². The predicted octanol–water partition coefficient (Wildman–Crippen LogP) is -0.498. The molecule has 0 bridgehead atoms. The molecule has 1 rings (SSSR count). The van der Waals surface area contributed by atoms with Crippen molar-refractivity contribution in [3.63, 3.8) is 0 Å². The number of amides is 1. The van der Waals surface area contributed by atoms with Gasteiger partial charge in [0.05, 0.1) is 12.0 Å². The molecule has 0 aliphatic carbocycles. The fourth-order valence-corrected chi connectivity index (χ4v) is 2.02. The maximum absolute atomic E-state index is 11.9. The van der Waals surface area contributed by atoms with Crippen molar-refractivity contribution < 1.29 is 24.6 Å². The van der Waals surface area contributed by atoms with Gasteiger partial charge in [-0.05, 0) is 19.3 Å². The number of nitrogens with zero attached hydrogens (tertiary/aromatic N) is 1. The number of rotatable bonds is 5. The van der Waals surface area contributed by atoms with Gasteiger partial charge >= 0.3 is 11.9 Å². The number of carbonyl (C=O) groups is 3. The fourth-order valence-electron chi connectivity index (χ4n) is 2.02. The van der Waals surface area contributed by atoms with Crippen LogP contribution in [0.5, 0.6) is 0 Å². The maximum atomic E-state index is 11.9. The summed E-state index contributed by atoms with van der Waals surface area (Å²) in [5, 5.41) is 17.4. The number of hydrogen-bond donors (Lipinski definition) is 3. The first-order valence-corrected chi connectivity index (χ1v) is 5.90. The molecule has 0 aromatic carbocycles. The molecule has 2 unspecified atom stereocenters. The summed E-state index contributed by atoms with van der Waals surface area (Å²) in [7, 11) is 0. The zero-order valence-electron chi connectivity index (χ0n) is 10.0. The Morgan fingerprint density at radius 3 is 2.56 bits per heavy atom. The van der Waals surface area contributed by atoms with E-state index in [9.17, 15) is 14.4 Å². The Hall–Kier alpha value is -1.63. The quantitative estimate of drug-likeness (QED) is 0.611. The van der Waals surface area contributed by atoms with Crippen LogP contribution in [0.1, 0.15) is 25.7 Å². The van der Waals surface area contributed by atoms with Gasteiger partial charge in [0, 0.05) is 19.5 Å². The first-order chi connectivity index (χ1) is 8.41. The molecule has 1 heterocycles. The Morgan fingerprint density at radius 2 is 2.00 bits per heavy atom. The van der Waals surface area contributed by atoms with Crippen molar-refractivity contribution in [3.05, 3.63) is 0 Å². The second-order valence-electron chi connectivity index (χ2n) is 4.50. The van der Waals surface area contributed by atoms with Gasteiger partial charge < -0.3 is 20.8 Å². The van der Waals surface area contributed by atoms with E-state index in [1.54, 1.807) is 0 Å². The molecule has 1 aliphatic heterocycles. The molecule has 102 valence electrons. The Balaban J connectivity index is 2.49. The molecule has 1 fully saturated rings. The Bertz CT molecular complexity index is 344. The summed E-state index contributed by atoms with van der Waals surface area (Å²) in [6.45, 7) is 0.651. The molecule has 18 heavy (non-hydrogen) atoms. The van der Waals surface area contributed by atoms with E-state index in [4.69, 9.17) is 15.9 Å². The van der Waals surface area contributed by atoms with Gasteiger partial charge in [0.15, 0.2) is 0 Å². The van der Waals surface area contributed by atoms with E-state index in [1.165, 1.54) is 4.90 Å². The molecule has 0 radical (unpaired) electrons. The van der Waals surface area contributed by atoms with Crippen molar-refractivity contribution in [1.82, 2.24) is 4.90 Å². The van der Waals surface area contributed by atoms with Crippen LogP contribution in [0.4, 0.5) is 0 Å². The monoisotopic (exact) mass is 258 g/mol. The molecule has 7 nitrogen and oxygen atoms in total. The van der Waals surface area contributed by atoms with Crippen LogP contribution in [-0.4, -0.2) is 52.1 Å². The van der Waals surface area contributed by atoms with Crippen molar-refractivity contribution in [1.29, 1.82) is 0 Å². The standard InChI is InChI=1S/C11H18N2O5/c12-8(3-4-9(14)15)10(16)13-5-1-2-7(6-13)11(17)18/h7-8H,1-6,12H2,(H,14,15)(H,17,18). The van der Waals surface area contributed by atoms with Crippen molar-refractivity contribution >= 4 is 17.8 Å². The van der Waals surface area contributed by atoms with Gasteiger partial charge in [0.25, 0.3) is 0 Å². The van der Waals surface area contributed by atoms with Crippen LogP contribution in [0.3, 0.4) is 0 Å². The van der Waals surface area contributed by atoms with Crippen LogP contribution in [0.15, 0.2) is 0 Å². The average molecular weight is 258 g/mol. The van der Waals surface area contributed by atoms with Gasteiger partial charge in [-0.3, -0.25) is 14.4 Å². The highest BCUT2D eigenvalue weighted by molar-refractivity contribution is 5.83. The first kappa shape index (κ1) is 14.4. The minimum atomic E-state index is -1.000. The number of aliphatic carboxylic acids is 2. The summed E-state index contributed by atoms with van der Waals surface area (Å²) in [6, 6.07) is -0.867. The summed E-state index contributed by atoms with van der Waals surface area (Å²) in [5.74, 6) is -2.82. The van der Waals surface area contributed by atoms with Crippen LogP contribution in [-0.2, 0) is 14.4 Å². The van der Waals surface area contributed by atoms with Crippen molar-refractivity contribution in [3.8, 4) is 0 Å². The van der Waals surface area contributed by atoms with E-state index >= 15 is 0 Å². The highest BCUT2D eigenvalue weighted by Gasteiger charge is 2.30. The maximum Gasteiger partial charge on any atom is 0.308 e. The summed E-state index contributed by atoms with van der Waals surface area (Å²) < 4.78 is 0. The van der Waals surface area contributed by atoms with E-state index in [1.807, 2.05) is 0 Å². The van der Waals surface area contributed by atoms with Gasteiger partial charge in [0.2, 0.25) is 5.91 Å². The summed E-state index contributed by atoms with van der Waals surface area (Å²) in [6.07, 6.45) is 1.10. The van der Waals surface area contributed by atoms with Crippen LogP contribution in [0, 0.1) is 5.92 Å². The Morgan fingerprint density at radius 1 is 1.33 bits per heavy atom. The highest BCUT2D eigenvalue weighted by Crippen LogP contribution is 2.17. The van der Waals surface area contributed by atoms with Gasteiger partial charge in [-0.25, -0.2) is 0 Å². The van der Waals surface area contributed by atoms with Crippen LogP contribution in [0.25, 0.3) is 0 Å². The zero-order chi connectivity index (χ0) is 13.7. The third-order valence-corrected chi connectivity index (χ3v) is 3.07. The third kappa shape index (κ3) is 3.99. The topological polar surface area (TPSA) is 121 Å². The summed E-state index contributed by atoms with van der Waals surface area (Å²) in [5.41, 5.74) is 5.62. The van der Waals surface area contributed by atoms with Crippen molar-refractivity contribution in [2.75, 3.05) is 13.1 Å². The molecule has 1 saturated heterocycles. The Labute approximate surface area is 105 Å². The fraction of sp³-hybridized carbons (Fsp3) is 0.727. The number of piperidine rings is 1. The predicted molar refractivity (Wildman–Crippen MR) is 61.8 cm³/mol. The smallest absolute Gasteiger partial charge is 0.308 e. The minimum absolute atomic E-state index is 0.0718. The molecular formula is C11H18N2O5. The highest BCUT2D eigenvalue weighted by atomic mass is 16.4. The van der Waals surface area contributed by atoms with E-state index in [0.717, 1.165) is 0 Å². The molecule has 0 spiro atoms. The van der Waals surface area contributed by atoms with Gasteiger partial charge in [-0.15, -0.1) is 0 Å². The van der Waals surface area contributed by atoms with Crippen molar-refractivity contribution in [2.45, 2.75) is 31.7 Å². The molecule has 0 saturated carbocycles. The number of hydrogen-bond acceptors (Lipinski definition) is 4. The van der Waals surface area contributed by atoms with Crippen molar-refractivity contribution in [2.24, 2.45) is 11.7 Å². The minimum Gasteiger partial charge on any atom is -0.481 e. The summed E-state index contributed by atoms with van der Waals surface area (Å²) in [4.78, 5) is 34.6. The molecule has 7 heteroatoms. The molecular weight excluding hydrogens is 240 g/mol. The lowest BCUT2D eigenvalue weighted by Crippen LogP contribution is -2.49. The number of carboxylic acids is 2. The lowest BCUT2D eigenvalue weighted by atomic mass is 9.97. The van der Waals surface area contributed by atoms with Gasteiger partial charge in [-0.1, -0.05) is 0 Å². The molecule has 2 atom stereocenters. The Kier molecular flexibility index (Phi) is 5.08. The number of carboxylic acid groups (broad SMARTS) is 2. The van der Waals surface area contributed by atoms with E-state index in [-0.39, 0.29) is 25.3 Å². The zero-order valence-corrected chi connectivity index (χ0v) is 10.0. The molecule has 1 amide bonds. The van der Waals surface area contributed by atoms with Crippen LogP contribution < -0.4 is 5.73 Å². The van der Waals surface area contributed by atoms with Crippen LogP contribution >= 0.6 is 0 Å². The number of likely N-dealkylation sites (tertiary alicyclic amines) is 1. The lowest BCUT2D eigenvalue weighted by Gasteiger charge is -2.32. The number of carbonyl (C=O) groups excluding carboxylic acids is 1. The van der Waals surface area contributed by atoms with E-state index in [2.05, 4.69) is 0 Å². The normalized spacial score (nSPS) is 21.4.